The smallest absolute Gasteiger partial charge is 0.405 e. The SMILES string of the molecule is CCOC(=O)C1=[N+]([O-])O/C(=C(/O)CC)C1C. The number of carbonyl (C=O) groups excluding carboxylic acids is 1. The number of ether oxygens (including phenoxy) is 1. The molecule has 16 heavy (non-hydrogen) atoms. The van der Waals surface area contributed by atoms with Crippen LogP contribution in [0.15, 0.2) is 11.5 Å². The van der Waals surface area contributed by atoms with E-state index in [-0.39, 0.29) is 28.7 Å². The number of hydrogen-bond acceptors (Lipinski definition) is 5. The molecule has 0 fully saturated rings. The summed E-state index contributed by atoms with van der Waals surface area (Å²) >= 11 is 0. The Morgan fingerprint density at radius 1 is 1.62 bits per heavy atom. The van der Waals surface area contributed by atoms with Gasteiger partial charge in [0.2, 0.25) is 0 Å². The van der Waals surface area contributed by atoms with Gasteiger partial charge in [-0.05, 0) is 13.8 Å². The Kier molecular flexibility index (Phi) is 3.76. The minimum atomic E-state index is -0.719. The molecule has 1 heterocycles. The minimum Gasteiger partial charge on any atom is -0.511 e. The lowest BCUT2D eigenvalue weighted by Crippen LogP contribution is -2.26. The maximum Gasteiger partial charge on any atom is 0.405 e. The lowest BCUT2D eigenvalue weighted by Gasteiger charge is -2.06. The minimum absolute atomic E-state index is 0.0346. The number of rotatable bonds is 3. The highest BCUT2D eigenvalue weighted by atomic mass is 16.9. The fraction of sp³-hybridized carbons (Fsp3) is 0.600. The Morgan fingerprint density at radius 2 is 2.25 bits per heavy atom. The van der Waals surface area contributed by atoms with Crippen LogP contribution in [-0.2, 0) is 14.4 Å². The molecule has 0 bridgehead atoms. The fourth-order valence-corrected chi connectivity index (χ4v) is 1.43. The topological polar surface area (TPSA) is 81.8 Å². The van der Waals surface area contributed by atoms with Crippen LogP contribution in [0.1, 0.15) is 27.2 Å². The molecule has 1 aliphatic rings. The summed E-state index contributed by atoms with van der Waals surface area (Å²) in [6.45, 7) is 5.15. The van der Waals surface area contributed by atoms with Crippen LogP contribution in [0.3, 0.4) is 0 Å². The Morgan fingerprint density at radius 3 is 2.75 bits per heavy atom. The largest absolute Gasteiger partial charge is 0.511 e. The molecule has 0 saturated heterocycles. The second-order valence-electron chi connectivity index (χ2n) is 3.34. The molecule has 1 N–H and O–H groups in total. The number of carbonyl (C=O) groups is 1. The molecule has 6 heteroatoms. The molecule has 1 rings (SSSR count). The van der Waals surface area contributed by atoms with Crippen LogP contribution in [0.4, 0.5) is 0 Å². The predicted molar refractivity (Wildman–Crippen MR) is 55.5 cm³/mol. The molecule has 0 amide bonds. The zero-order valence-electron chi connectivity index (χ0n) is 9.52. The maximum atomic E-state index is 11.4. The zero-order valence-corrected chi connectivity index (χ0v) is 9.52. The summed E-state index contributed by atoms with van der Waals surface area (Å²) in [5.74, 6) is -1.23. The number of allylic oxidation sites excluding steroid dienone is 2. The van der Waals surface area contributed by atoms with Crippen LogP contribution in [0.2, 0.25) is 0 Å². The van der Waals surface area contributed by atoms with Crippen molar-refractivity contribution >= 4 is 11.7 Å². The van der Waals surface area contributed by atoms with E-state index in [0.717, 1.165) is 0 Å². The lowest BCUT2D eigenvalue weighted by atomic mass is 10.0. The van der Waals surface area contributed by atoms with E-state index in [1.54, 1.807) is 20.8 Å². The van der Waals surface area contributed by atoms with Crippen molar-refractivity contribution in [3.05, 3.63) is 16.7 Å². The lowest BCUT2D eigenvalue weighted by molar-refractivity contribution is -0.717. The van der Waals surface area contributed by atoms with Crippen LogP contribution in [0, 0.1) is 11.1 Å². The molecule has 0 aliphatic carbocycles. The van der Waals surface area contributed by atoms with Crippen molar-refractivity contribution in [1.82, 2.24) is 0 Å². The molecular formula is C10H15NO5. The van der Waals surface area contributed by atoms with Gasteiger partial charge in [-0.25, -0.2) is 4.79 Å². The molecule has 1 aliphatic heterocycles. The van der Waals surface area contributed by atoms with Gasteiger partial charge in [0.1, 0.15) is 11.5 Å². The summed E-state index contributed by atoms with van der Waals surface area (Å²) in [4.78, 5) is 16.3. The van der Waals surface area contributed by atoms with E-state index in [4.69, 9.17) is 9.57 Å². The third kappa shape index (κ3) is 2.10. The molecule has 0 saturated carbocycles. The highest BCUT2D eigenvalue weighted by Crippen LogP contribution is 2.25. The van der Waals surface area contributed by atoms with Gasteiger partial charge in [-0.15, -0.1) is 0 Å². The van der Waals surface area contributed by atoms with E-state index < -0.39 is 11.9 Å². The van der Waals surface area contributed by atoms with Gasteiger partial charge in [0.25, 0.3) is 0 Å². The Balaban J connectivity index is 2.97. The summed E-state index contributed by atoms with van der Waals surface area (Å²) < 4.78 is 4.73. The molecule has 0 aromatic rings. The van der Waals surface area contributed by atoms with Crippen molar-refractivity contribution in [3.63, 3.8) is 0 Å². The van der Waals surface area contributed by atoms with Crippen LogP contribution in [0.5, 0.6) is 0 Å². The molecule has 1 atom stereocenters. The second kappa shape index (κ2) is 4.87. The van der Waals surface area contributed by atoms with E-state index >= 15 is 0 Å². The van der Waals surface area contributed by atoms with E-state index in [1.165, 1.54) is 0 Å². The van der Waals surface area contributed by atoms with Gasteiger partial charge in [0.15, 0.2) is 0 Å². The van der Waals surface area contributed by atoms with Crippen molar-refractivity contribution in [2.24, 2.45) is 5.92 Å². The van der Waals surface area contributed by atoms with E-state index in [0.29, 0.717) is 6.42 Å². The van der Waals surface area contributed by atoms with Crippen molar-refractivity contribution in [1.29, 1.82) is 0 Å². The van der Waals surface area contributed by atoms with Gasteiger partial charge < -0.3 is 14.7 Å². The van der Waals surface area contributed by atoms with Crippen molar-refractivity contribution in [3.8, 4) is 0 Å². The summed E-state index contributed by atoms with van der Waals surface area (Å²) in [6.07, 6.45) is 0.337. The Labute approximate surface area is 93.3 Å². The maximum absolute atomic E-state index is 11.4. The van der Waals surface area contributed by atoms with E-state index in [9.17, 15) is 15.1 Å². The van der Waals surface area contributed by atoms with Crippen LogP contribution in [-0.4, -0.2) is 28.3 Å². The third-order valence-corrected chi connectivity index (χ3v) is 2.29. The molecule has 6 nitrogen and oxygen atoms in total. The first-order valence-electron chi connectivity index (χ1n) is 5.14. The van der Waals surface area contributed by atoms with Crippen molar-refractivity contribution < 1.29 is 24.4 Å². The summed E-state index contributed by atoms with van der Waals surface area (Å²) in [5.41, 5.74) is -0.142. The molecule has 0 aromatic carbocycles. The standard InChI is InChI=1S/C10H15NO5/c1-4-7(12)9-6(3)8(11(14)16-9)10(13)15-5-2/h6,12H,4-5H2,1-3H3/b9-7+. The first-order chi connectivity index (χ1) is 7.52. The van der Waals surface area contributed by atoms with Crippen LogP contribution in [0.25, 0.3) is 0 Å². The normalized spacial score (nSPS) is 23.1. The fourth-order valence-electron chi connectivity index (χ4n) is 1.43. The summed E-state index contributed by atoms with van der Waals surface area (Å²) in [7, 11) is 0. The number of aliphatic hydroxyl groups excluding tert-OH is 1. The van der Waals surface area contributed by atoms with Crippen LogP contribution >= 0.6 is 0 Å². The molecule has 90 valence electrons. The van der Waals surface area contributed by atoms with Gasteiger partial charge >= 0.3 is 11.7 Å². The third-order valence-electron chi connectivity index (χ3n) is 2.29. The number of aliphatic hydroxyl groups is 1. The molecule has 0 aromatic heterocycles. The van der Waals surface area contributed by atoms with Gasteiger partial charge in [-0.2, -0.15) is 0 Å². The van der Waals surface area contributed by atoms with E-state index in [2.05, 4.69) is 0 Å². The second-order valence-corrected chi connectivity index (χ2v) is 3.34. The van der Waals surface area contributed by atoms with Gasteiger partial charge in [-0.3, -0.25) is 5.21 Å². The number of esters is 1. The Hall–Kier alpha value is -1.72. The summed E-state index contributed by atoms with van der Waals surface area (Å²) in [6, 6.07) is 0. The molecule has 1 unspecified atom stereocenters. The zero-order chi connectivity index (χ0) is 12.3. The number of hydrogen-bond donors (Lipinski definition) is 1. The predicted octanol–water partition coefficient (Wildman–Crippen LogP) is 1.26. The average molecular weight is 229 g/mol. The van der Waals surface area contributed by atoms with Gasteiger partial charge in [0, 0.05) is 6.42 Å². The van der Waals surface area contributed by atoms with Gasteiger partial charge in [0.05, 0.1) is 17.4 Å². The highest BCUT2D eigenvalue weighted by Gasteiger charge is 2.40. The van der Waals surface area contributed by atoms with Crippen molar-refractivity contribution in [2.75, 3.05) is 6.61 Å². The van der Waals surface area contributed by atoms with Crippen LogP contribution < -0.4 is 0 Å². The Bertz CT molecular complexity index is 358. The summed E-state index contributed by atoms with van der Waals surface area (Å²) in [5, 5.41) is 20.8. The average Bonchev–Trinajstić information content (AvgIpc) is 2.53. The number of nitrogens with zero attached hydrogens (tertiary/aromatic N) is 1. The quantitative estimate of drug-likeness (QED) is 0.447. The first kappa shape index (κ1) is 12.4. The monoisotopic (exact) mass is 229 g/mol. The highest BCUT2D eigenvalue weighted by molar-refractivity contribution is 6.35. The molecule has 0 radical (unpaired) electrons. The van der Waals surface area contributed by atoms with Crippen molar-refractivity contribution in [2.45, 2.75) is 27.2 Å². The first-order valence-corrected chi connectivity index (χ1v) is 5.14. The van der Waals surface area contributed by atoms with E-state index in [1.807, 2.05) is 0 Å². The van der Waals surface area contributed by atoms with Gasteiger partial charge in [-0.1, -0.05) is 6.92 Å². The molecular weight excluding hydrogens is 214 g/mol. The molecule has 0 spiro atoms.